The number of pyridine rings is 1. The molecule has 1 aliphatic heterocycles. The molecule has 0 bridgehead atoms. The molecular formula is C20H18F3N5O5S. The van der Waals surface area contributed by atoms with Crippen LogP contribution in [-0.4, -0.2) is 65.6 Å². The number of carboxylic acid groups (broad SMARTS) is 1. The smallest absolute Gasteiger partial charge is 0.478 e. The number of carboxylic acids is 1. The molecule has 0 amide bonds. The van der Waals surface area contributed by atoms with Gasteiger partial charge < -0.3 is 19.1 Å². The maximum Gasteiger partial charge on any atom is 0.534 e. The summed E-state index contributed by atoms with van der Waals surface area (Å²) in [5.41, 5.74) is -5.75. The first-order valence-corrected chi connectivity index (χ1v) is 11.4. The number of fused-ring (bicyclic) bond motifs is 1. The maximum atomic E-state index is 13.0. The van der Waals surface area contributed by atoms with Crippen molar-refractivity contribution >= 4 is 38.8 Å². The Morgan fingerprint density at radius 1 is 1.15 bits per heavy atom. The van der Waals surface area contributed by atoms with Crippen LogP contribution >= 0.6 is 0 Å². The molecule has 1 unspecified atom stereocenters. The number of alkyl halides is 3. The molecule has 0 radical (unpaired) electrons. The second-order valence-electron chi connectivity index (χ2n) is 7.52. The van der Waals surface area contributed by atoms with Crippen molar-refractivity contribution < 1.29 is 35.7 Å². The number of benzene rings is 1. The summed E-state index contributed by atoms with van der Waals surface area (Å²) in [4.78, 5) is 27.3. The molecule has 10 nitrogen and oxygen atoms in total. The Bertz CT molecular complexity index is 1340. The Balaban J connectivity index is 1.76. The fourth-order valence-corrected chi connectivity index (χ4v) is 3.99. The van der Waals surface area contributed by atoms with Crippen LogP contribution in [0.25, 0.3) is 11.0 Å². The number of carbonyl (C=O) groups is 1. The zero-order valence-corrected chi connectivity index (χ0v) is 18.4. The van der Waals surface area contributed by atoms with E-state index in [4.69, 9.17) is 0 Å². The predicted octanol–water partition coefficient (Wildman–Crippen LogP) is 2.67. The molecule has 1 aromatic carbocycles. The Kier molecular flexibility index (Phi) is 5.93. The van der Waals surface area contributed by atoms with Gasteiger partial charge in [0.25, 0.3) is 5.88 Å². The first kappa shape index (κ1) is 23.5. The predicted molar refractivity (Wildman–Crippen MR) is 115 cm³/mol. The van der Waals surface area contributed by atoms with Crippen LogP contribution in [-0.2, 0) is 10.1 Å². The van der Waals surface area contributed by atoms with Gasteiger partial charge in [-0.2, -0.15) is 21.6 Å². The molecule has 0 saturated carbocycles. The highest BCUT2D eigenvalue weighted by Gasteiger charge is 2.49. The molecule has 1 aliphatic rings. The van der Waals surface area contributed by atoms with Crippen molar-refractivity contribution in [1.82, 2.24) is 15.0 Å². The average molecular weight is 497 g/mol. The van der Waals surface area contributed by atoms with Gasteiger partial charge in [-0.15, -0.1) is 0 Å². The van der Waals surface area contributed by atoms with E-state index in [1.807, 2.05) is 17.0 Å². The average Bonchev–Trinajstić information content (AvgIpc) is 2.78. The number of piperazine rings is 1. The van der Waals surface area contributed by atoms with E-state index in [-0.39, 0.29) is 35.0 Å². The first-order chi connectivity index (χ1) is 16.0. The highest BCUT2D eigenvalue weighted by Crippen LogP contribution is 2.34. The van der Waals surface area contributed by atoms with E-state index in [1.165, 1.54) is 18.2 Å². The lowest BCUT2D eigenvalue weighted by Gasteiger charge is -2.41. The highest BCUT2D eigenvalue weighted by molar-refractivity contribution is 7.88. The van der Waals surface area contributed by atoms with Crippen molar-refractivity contribution in [1.29, 1.82) is 0 Å². The third-order valence-corrected chi connectivity index (χ3v) is 6.15. The molecule has 1 atom stereocenters. The second-order valence-corrected chi connectivity index (χ2v) is 9.06. The zero-order valence-electron chi connectivity index (χ0n) is 17.6. The molecule has 180 valence electrons. The Morgan fingerprint density at radius 3 is 2.53 bits per heavy atom. The minimum Gasteiger partial charge on any atom is -0.478 e. The number of halogens is 3. The van der Waals surface area contributed by atoms with Crippen LogP contribution in [0.15, 0.2) is 42.6 Å². The molecule has 3 heterocycles. The molecule has 3 aromatic rings. The minimum atomic E-state index is -6.02. The van der Waals surface area contributed by atoms with Gasteiger partial charge in [0.15, 0.2) is 5.82 Å². The standard InChI is InChI=1S/C20H18F3N5O5S/c1-12-11-27(16-4-2-3-7-24-16)8-9-28(12)17-18(33-34(31,32)20(21,22)23)26-14-6-5-13(19(29)30)10-15(14)25-17/h2-7,10,12H,8-9,11H2,1H3,(H,29,30). The molecule has 14 heteroatoms. The van der Waals surface area contributed by atoms with E-state index in [9.17, 15) is 31.5 Å². The van der Waals surface area contributed by atoms with Gasteiger partial charge >= 0.3 is 21.6 Å². The van der Waals surface area contributed by atoms with Crippen LogP contribution in [0.5, 0.6) is 5.88 Å². The number of hydrogen-bond donors (Lipinski definition) is 1. The van der Waals surface area contributed by atoms with Gasteiger partial charge in [-0.25, -0.2) is 19.7 Å². The van der Waals surface area contributed by atoms with Crippen molar-refractivity contribution in [2.24, 2.45) is 0 Å². The number of aromatic carboxylic acids is 1. The number of hydrogen-bond acceptors (Lipinski definition) is 9. The SMILES string of the molecule is CC1CN(c2ccccn2)CCN1c1nc2cc(C(=O)O)ccc2nc1OS(=O)(=O)C(F)(F)F. The topological polar surface area (TPSA) is 126 Å². The van der Waals surface area contributed by atoms with Gasteiger partial charge in [0, 0.05) is 31.9 Å². The number of aromatic nitrogens is 3. The third kappa shape index (κ3) is 4.53. The molecule has 34 heavy (non-hydrogen) atoms. The molecule has 2 aromatic heterocycles. The lowest BCUT2D eigenvalue weighted by Crippen LogP contribution is -2.52. The van der Waals surface area contributed by atoms with E-state index < -0.39 is 27.5 Å². The number of rotatable bonds is 5. The summed E-state index contributed by atoms with van der Waals surface area (Å²) in [6.45, 7) is 2.81. The van der Waals surface area contributed by atoms with Crippen LogP contribution in [0.2, 0.25) is 0 Å². The van der Waals surface area contributed by atoms with Gasteiger partial charge in [-0.1, -0.05) is 6.07 Å². The minimum absolute atomic E-state index is 0.0269. The molecule has 4 rings (SSSR count). The zero-order chi connectivity index (χ0) is 24.7. The Labute approximate surface area is 191 Å². The fraction of sp³-hybridized carbons (Fsp3) is 0.300. The second kappa shape index (κ2) is 8.59. The van der Waals surface area contributed by atoms with Gasteiger partial charge in [-0.3, -0.25) is 0 Å². The van der Waals surface area contributed by atoms with Crippen LogP contribution in [0, 0.1) is 0 Å². The van der Waals surface area contributed by atoms with Gasteiger partial charge in [0.05, 0.1) is 16.6 Å². The van der Waals surface area contributed by atoms with Crippen molar-refractivity contribution in [3.8, 4) is 5.88 Å². The summed E-state index contributed by atoms with van der Waals surface area (Å²) >= 11 is 0. The largest absolute Gasteiger partial charge is 0.534 e. The lowest BCUT2D eigenvalue weighted by atomic mass is 10.1. The summed E-state index contributed by atoms with van der Waals surface area (Å²) in [6, 6.07) is 8.63. The van der Waals surface area contributed by atoms with E-state index in [0.717, 1.165) is 0 Å². The van der Waals surface area contributed by atoms with E-state index in [2.05, 4.69) is 19.1 Å². The van der Waals surface area contributed by atoms with Gasteiger partial charge in [0.2, 0.25) is 0 Å². The van der Waals surface area contributed by atoms with Crippen molar-refractivity contribution in [2.75, 3.05) is 29.4 Å². The van der Waals surface area contributed by atoms with E-state index >= 15 is 0 Å². The number of anilines is 2. The summed E-state index contributed by atoms with van der Waals surface area (Å²) in [6.07, 6.45) is 1.63. The summed E-state index contributed by atoms with van der Waals surface area (Å²) in [7, 11) is -6.02. The van der Waals surface area contributed by atoms with Gasteiger partial charge in [-0.05, 0) is 37.3 Å². The maximum absolute atomic E-state index is 13.0. The highest BCUT2D eigenvalue weighted by atomic mass is 32.2. The quantitative estimate of drug-likeness (QED) is 0.415. The molecule has 0 spiro atoms. The van der Waals surface area contributed by atoms with Crippen LogP contribution in [0.3, 0.4) is 0 Å². The normalized spacial score (nSPS) is 17.1. The van der Waals surface area contributed by atoms with Crippen molar-refractivity contribution in [3.63, 3.8) is 0 Å². The third-order valence-electron chi connectivity index (χ3n) is 5.21. The molecule has 0 aliphatic carbocycles. The van der Waals surface area contributed by atoms with E-state index in [1.54, 1.807) is 24.1 Å². The van der Waals surface area contributed by atoms with Crippen LogP contribution in [0.4, 0.5) is 24.8 Å². The molecular weight excluding hydrogens is 479 g/mol. The van der Waals surface area contributed by atoms with Crippen LogP contribution < -0.4 is 14.0 Å². The summed E-state index contributed by atoms with van der Waals surface area (Å²) < 4.78 is 66.9. The van der Waals surface area contributed by atoms with Crippen LogP contribution in [0.1, 0.15) is 17.3 Å². The van der Waals surface area contributed by atoms with E-state index in [0.29, 0.717) is 18.9 Å². The molecule has 1 saturated heterocycles. The van der Waals surface area contributed by atoms with Gasteiger partial charge in [0.1, 0.15) is 5.82 Å². The van der Waals surface area contributed by atoms with Crippen molar-refractivity contribution in [2.45, 2.75) is 18.5 Å². The Hall–Kier alpha value is -3.68. The lowest BCUT2D eigenvalue weighted by molar-refractivity contribution is -0.0501. The molecule has 1 fully saturated rings. The monoisotopic (exact) mass is 497 g/mol. The fourth-order valence-electron chi connectivity index (χ4n) is 3.58. The van der Waals surface area contributed by atoms with Crippen molar-refractivity contribution in [3.05, 3.63) is 48.2 Å². The Morgan fingerprint density at radius 2 is 1.91 bits per heavy atom. The summed E-state index contributed by atoms with van der Waals surface area (Å²) in [5, 5.41) is 9.24. The number of nitrogens with zero attached hydrogens (tertiary/aromatic N) is 5. The summed E-state index contributed by atoms with van der Waals surface area (Å²) in [5.74, 6) is -1.61. The first-order valence-electron chi connectivity index (χ1n) is 9.95. The molecule has 1 N–H and O–H groups in total.